The highest BCUT2D eigenvalue weighted by molar-refractivity contribution is 5.80. The van der Waals surface area contributed by atoms with Gasteiger partial charge >= 0.3 is 0 Å². The Morgan fingerprint density at radius 3 is 2.59 bits per heavy atom. The number of aromatic nitrogens is 3. The van der Waals surface area contributed by atoms with Gasteiger partial charge in [0.05, 0.1) is 18.5 Å². The number of aliphatic hydroxyl groups excluding tert-OH is 1. The van der Waals surface area contributed by atoms with Gasteiger partial charge in [-0.2, -0.15) is 14.7 Å². The topological polar surface area (TPSA) is 81.3 Å². The number of nitrogens with one attached hydrogen (secondary N) is 1. The fourth-order valence-electron chi connectivity index (χ4n) is 4.26. The Kier molecular flexibility index (Phi) is 6.51. The predicted molar refractivity (Wildman–Crippen MR) is 137 cm³/mol. The van der Waals surface area contributed by atoms with Crippen molar-refractivity contribution in [2.75, 3.05) is 49.7 Å². The van der Waals surface area contributed by atoms with Crippen molar-refractivity contribution in [3.8, 4) is 11.3 Å². The summed E-state index contributed by atoms with van der Waals surface area (Å²) in [5.41, 5.74) is 8.04. The van der Waals surface area contributed by atoms with Crippen LogP contribution in [0.15, 0.2) is 71.8 Å². The third-order valence-corrected chi connectivity index (χ3v) is 6.03. The van der Waals surface area contributed by atoms with E-state index in [4.69, 9.17) is 10.1 Å². The first kappa shape index (κ1) is 22.1. The zero-order valence-corrected chi connectivity index (χ0v) is 19.3. The molecule has 4 aromatic rings. The second-order valence-corrected chi connectivity index (χ2v) is 8.50. The third kappa shape index (κ3) is 4.93. The lowest BCUT2D eigenvalue weighted by Crippen LogP contribution is -2.47. The van der Waals surface area contributed by atoms with Gasteiger partial charge < -0.3 is 10.0 Å². The Balaban J connectivity index is 1.46. The Morgan fingerprint density at radius 2 is 1.82 bits per heavy atom. The maximum Gasteiger partial charge on any atom is 0.160 e. The van der Waals surface area contributed by atoms with Gasteiger partial charge in [0.25, 0.3) is 0 Å². The van der Waals surface area contributed by atoms with E-state index in [1.54, 1.807) is 6.21 Å². The summed E-state index contributed by atoms with van der Waals surface area (Å²) in [5, 5.41) is 18.6. The molecule has 2 aromatic carbocycles. The molecule has 174 valence electrons. The number of nitrogens with zero attached hydrogens (tertiary/aromatic N) is 6. The zero-order valence-electron chi connectivity index (χ0n) is 19.3. The van der Waals surface area contributed by atoms with E-state index in [0.29, 0.717) is 12.4 Å². The van der Waals surface area contributed by atoms with Gasteiger partial charge in [0.2, 0.25) is 0 Å². The minimum atomic E-state index is 0.187. The Morgan fingerprint density at radius 1 is 1.00 bits per heavy atom. The third-order valence-electron chi connectivity index (χ3n) is 6.03. The molecule has 0 spiro atoms. The van der Waals surface area contributed by atoms with Crippen molar-refractivity contribution in [1.29, 1.82) is 0 Å². The lowest BCUT2D eigenvalue weighted by molar-refractivity contribution is 0.188. The summed E-state index contributed by atoms with van der Waals surface area (Å²) in [6, 6.07) is 22.4. The largest absolute Gasteiger partial charge is 0.395 e. The molecule has 3 heterocycles. The van der Waals surface area contributed by atoms with Gasteiger partial charge in [-0.3, -0.25) is 10.3 Å². The van der Waals surface area contributed by atoms with E-state index in [2.05, 4.69) is 51.5 Å². The van der Waals surface area contributed by atoms with Crippen LogP contribution in [0.3, 0.4) is 0 Å². The van der Waals surface area contributed by atoms with Crippen LogP contribution >= 0.6 is 0 Å². The number of benzene rings is 2. The van der Waals surface area contributed by atoms with Crippen LogP contribution in [0.5, 0.6) is 0 Å². The molecule has 34 heavy (non-hydrogen) atoms. The fraction of sp³-hybridized carbons (Fsp3) is 0.269. The Labute approximate surface area is 199 Å². The number of β-amino-alcohol motifs (C(OH)–C–C–N with tert-alkyl or cyclic N) is 1. The second kappa shape index (κ2) is 10.0. The molecule has 1 fully saturated rings. The van der Waals surface area contributed by atoms with Crippen molar-refractivity contribution in [3.63, 3.8) is 0 Å². The van der Waals surface area contributed by atoms with Gasteiger partial charge in [0.15, 0.2) is 11.5 Å². The average Bonchev–Trinajstić information content (AvgIpc) is 3.29. The molecule has 1 aliphatic rings. The zero-order chi connectivity index (χ0) is 23.3. The van der Waals surface area contributed by atoms with Crippen molar-refractivity contribution in [2.45, 2.75) is 6.92 Å². The minimum Gasteiger partial charge on any atom is -0.395 e. The highest BCUT2D eigenvalue weighted by Gasteiger charge is 2.21. The number of hydrazone groups is 1. The lowest BCUT2D eigenvalue weighted by Gasteiger charge is -2.35. The lowest BCUT2D eigenvalue weighted by atomic mass is 10.2. The van der Waals surface area contributed by atoms with Crippen molar-refractivity contribution in [2.24, 2.45) is 5.10 Å². The summed E-state index contributed by atoms with van der Waals surface area (Å²) in [6.07, 6.45) is 1.80. The van der Waals surface area contributed by atoms with E-state index >= 15 is 0 Å². The van der Waals surface area contributed by atoms with Gasteiger partial charge in [-0.15, -0.1) is 0 Å². The van der Waals surface area contributed by atoms with Crippen LogP contribution in [0, 0.1) is 6.92 Å². The van der Waals surface area contributed by atoms with Crippen molar-refractivity contribution >= 4 is 23.5 Å². The first-order chi connectivity index (χ1) is 16.7. The van der Waals surface area contributed by atoms with Gasteiger partial charge in [0, 0.05) is 50.4 Å². The minimum absolute atomic E-state index is 0.187. The van der Waals surface area contributed by atoms with E-state index in [1.807, 2.05) is 47.0 Å². The van der Waals surface area contributed by atoms with Gasteiger partial charge in [0.1, 0.15) is 5.82 Å². The quantitative estimate of drug-likeness (QED) is 0.329. The van der Waals surface area contributed by atoms with Crippen LogP contribution in [0.2, 0.25) is 0 Å². The maximum atomic E-state index is 9.27. The van der Waals surface area contributed by atoms with Crippen LogP contribution in [0.1, 0.15) is 11.1 Å². The van der Waals surface area contributed by atoms with Gasteiger partial charge in [-0.25, -0.2) is 4.98 Å². The molecule has 0 amide bonds. The van der Waals surface area contributed by atoms with Crippen molar-refractivity contribution in [3.05, 3.63) is 77.9 Å². The summed E-state index contributed by atoms with van der Waals surface area (Å²) in [6.45, 7) is 6.46. The Bertz CT molecular complexity index is 1280. The number of piperazine rings is 1. The molecule has 2 aromatic heterocycles. The molecule has 1 aliphatic heterocycles. The van der Waals surface area contributed by atoms with Crippen LogP contribution in [-0.4, -0.2) is 70.1 Å². The van der Waals surface area contributed by atoms with Crippen LogP contribution in [0.25, 0.3) is 16.9 Å². The molecule has 0 saturated carbocycles. The van der Waals surface area contributed by atoms with E-state index in [1.165, 1.54) is 5.56 Å². The number of aliphatic hydroxyl groups is 1. The fourth-order valence-corrected chi connectivity index (χ4v) is 4.26. The summed E-state index contributed by atoms with van der Waals surface area (Å²) in [7, 11) is 0. The molecular formula is C26H29N7O. The maximum absolute atomic E-state index is 9.27. The highest BCUT2D eigenvalue weighted by Crippen LogP contribution is 2.26. The Hall–Kier alpha value is -3.75. The number of fused-ring (bicyclic) bond motifs is 1. The molecule has 0 aliphatic carbocycles. The standard InChI is InChI=1S/C26H29N7O/c1-20-6-5-7-21(16-20)19-27-29-24-18-26(32-12-10-31(11-13-32)14-15-34)33-25(28-24)17-23(30-33)22-8-3-2-4-9-22/h2-9,16-19,34H,10-15H2,1H3,(H,28,29)/b27-19+. The SMILES string of the molecule is Cc1cccc(/C=N/Nc2cc(N3CCN(CCO)CC3)n3nc(-c4ccccc4)cc3n2)c1. The molecule has 0 unspecified atom stereocenters. The molecule has 1 saturated heterocycles. The van der Waals surface area contributed by atoms with Crippen molar-refractivity contribution < 1.29 is 5.11 Å². The first-order valence-corrected chi connectivity index (χ1v) is 11.6. The van der Waals surface area contributed by atoms with E-state index < -0.39 is 0 Å². The summed E-state index contributed by atoms with van der Waals surface area (Å²) in [4.78, 5) is 9.37. The van der Waals surface area contributed by atoms with Gasteiger partial charge in [-0.05, 0) is 12.5 Å². The van der Waals surface area contributed by atoms with Gasteiger partial charge in [-0.1, -0.05) is 60.2 Å². The van der Waals surface area contributed by atoms with Crippen LogP contribution in [0.4, 0.5) is 11.6 Å². The number of rotatable bonds is 7. The van der Waals surface area contributed by atoms with E-state index in [9.17, 15) is 5.11 Å². The average molecular weight is 456 g/mol. The highest BCUT2D eigenvalue weighted by atomic mass is 16.3. The normalized spacial score (nSPS) is 14.8. The molecular weight excluding hydrogens is 426 g/mol. The monoisotopic (exact) mass is 455 g/mol. The molecule has 0 radical (unpaired) electrons. The summed E-state index contributed by atoms with van der Waals surface area (Å²) < 4.78 is 1.92. The number of aryl methyl sites for hydroxylation is 1. The summed E-state index contributed by atoms with van der Waals surface area (Å²) >= 11 is 0. The molecule has 0 bridgehead atoms. The van der Waals surface area contributed by atoms with Crippen LogP contribution in [-0.2, 0) is 0 Å². The first-order valence-electron chi connectivity index (χ1n) is 11.6. The smallest absolute Gasteiger partial charge is 0.160 e. The molecule has 8 nitrogen and oxygen atoms in total. The van der Waals surface area contributed by atoms with Crippen molar-refractivity contribution in [1.82, 2.24) is 19.5 Å². The predicted octanol–water partition coefficient (Wildman–Crippen LogP) is 3.27. The number of hydrogen-bond acceptors (Lipinski definition) is 7. The molecule has 5 rings (SSSR count). The number of hydrogen-bond donors (Lipinski definition) is 2. The van der Waals surface area contributed by atoms with E-state index in [-0.39, 0.29) is 6.61 Å². The molecule has 8 heteroatoms. The summed E-state index contributed by atoms with van der Waals surface area (Å²) in [5.74, 6) is 1.65. The molecule has 0 atom stereocenters. The van der Waals surface area contributed by atoms with Crippen LogP contribution < -0.4 is 10.3 Å². The molecule has 2 N–H and O–H groups in total. The second-order valence-electron chi connectivity index (χ2n) is 8.50. The van der Waals surface area contributed by atoms with E-state index in [0.717, 1.165) is 54.5 Å². The number of anilines is 2.